The minimum atomic E-state index is -0.401. The van der Waals surface area contributed by atoms with Crippen LogP contribution in [0.25, 0.3) is 22.0 Å². The third-order valence-electron chi connectivity index (χ3n) is 4.95. The van der Waals surface area contributed by atoms with Gasteiger partial charge in [-0.3, -0.25) is 9.78 Å². The van der Waals surface area contributed by atoms with E-state index in [2.05, 4.69) is 16.4 Å². The summed E-state index contributed by atoms with van der Waals surface area (Å²) in [5.41, 5.74) is 5.32. The number of fused-ring (bicyclic) bond motifs is 1. The first-order chi connectivity index (χ1) is 15.0. The van der Waals surface area contributed by atoms with Crippen molar-refractivity contribution in [2.45, 2.75) is 13.8 Å². The lowest BCUT2D eigenvalue weighted by molar-refractivity contribution is 0.0526. The Kier molecular flexibility index (Phi) is 5.76. The van der Waals surface area contributed by atoms with E-state index in [9.17, 15) is 9.59 Å². The number of nitrogens with zero attached hydrogens (tertiary/aromatic N) is 1. The Morgan fingerprint density at radius 2 is 1.81 bits per heavy atom. The molecule has 1 N–H and O–H groups in total. The summed E-state index contributed by atoms with van der Waals surface area (Å²) in [6, 6.07) is 22.8. The highest BCUT2D eigenvalue weighted by atomic mass is 16.5. The van der Waals surface area contributed by atoms with E-state index >= 15 is 0 Å². The molecule has 0 radical (unpaired) electrons. The first-order valence-electron chi connectivity index (χ1n) is 10.1. The summed E-state index contributed by atoms with van der Waals surface area (Å²) < 4.78 is 5.02. The normalized spacial score (nSPS) is 10.6. The second-order valence-corrected chi connectivity index (χ2v) is 7.22. The molecule has 0 bridgehead atoms. The Bertz CT molecular complexity index is 1280. The van der Waals surface area contributed by atoms with E-state index in [1.165, 1.54) is 6.20 Å². The summed E-state index contributed by atoms with van der Waals surface area (Å²) in [4.78, 5) is 29.3. The fraction of sp³-hybridized carbons (Fsp3) is 0.115. The van der Waals surface area contributed by atoms with Gasteiger partial charge in [-0.25, -0.2) is 4.79 Å². The average Bonchev–Trinajstić information content (AvgIpc) is 2.79. The van der Waals surface area contributed by atoms with Crippen LogP contribution in [0.5, 0.6) is 0 Å². The number of benzene rings is 3. The molecule has 4 aromatic rings. The molecule has 154 valence electrons. The van der Waals surface area contributed by atoms with Crippen LogP contribution in [0.2, 0.25) is 0 Å². The number of nitrogens with one attached hydrogen (secondary N) is 1. The van der Waals surface area contributed by atoms with Gasteiger partial charge in [0, 0.05) is 22.8 Å². The highest BCUT2D eigenvalue weighted by molar-refractivity contribution is 6.09. The molecule has 0 aliphatic rings. The van der Waals surface area contributed by atoms with Crippen molar-refractivity contribution in [1.82, 2.24) is 4.98 Å². The van der Waals surface area contributed by atoms with Gasteiger partial charge in [0.1, 0.15) is 0 Å². The van der Waals surface area contributed by atoms with Gasteiger partial charge in [-0.15, -0.1) is 0 Å². The molecule has 1 heterocycles. The molecule has 0 saturated heterocycles. The number of hydrogen-bond acceptors (Lipinski definition) is 4. The maximum Gasteiger partial charge on any atom is 0.339 e. The zero-order valence-corrected chi connectivity index (χ0v) is 17.4. The predicted molar refractivity (Wildman–Crippen MR) is 122 cm³/mol. The van der Waals surface area contributed by atoms with Crippen LogP contribution in [0.4, 0.5) is 5.69 Å². The molecule has 4 rings (SSSR count). The van der Waals surface area contributed by atoms with Crippen LogP contribution < -0.4 is 5.32 Å². The molecule has 0 fully saturated rings. The number of rotatable bonds is 5. The molecule has 0 saturated carbocycles. The Labute approximate surface area is 180 Å². The molecule has 5 heteroatoms. The number of anilines is 1. The summed E-state index contributed by atoms with van der Waals surface area (Å²) in [7, 11) is 0. The number of carbonyl (C=O) groups excluding carboxylic acids is 2. The Morgan fingerprint density at radius 3 is 2.61 bits per heavy atom. The molecule has 3 aromatic carbocycles. The molecule has 31 heavy (non-hydrogen) atoms. The van der Waals surface area contributed by atoms with Crippen molar-refractivity contribution in [1.29, 1.82) is 0 Å². The summed E-state index contributed by atoms with van der Waals surface area (Å²) in [6.07, 6.45) is 1.49. The standard InChI is InChI=1S/C26H22N2O3/c1-3-31-26(30)20-14-19-11-12-21(15-24(19)27-16-20)28-25(29)23-10-5-4-9-22(23)18-8-6-7-17(2)13-18/h4-16H,3H2,1-2H3,(H,28,29). The summed E-state index contributed by atoms with van der Waals surface area (Å²) >= 11 is 0. The summed E-state index contributed by atoms with van der Waals surface area (Å²) in [6.45, 7) is 4.10. The first kappa shape index (κ1) is 20.3. The lowest BCUT2D eigenvalue weighted by Crippen LogP contribution is -2.13. The van der Waals surface area contributed by atoms with Gasteiger partial charge >= 0.3 is 5.97 Å². The van der Waals surface area contributed by atoms with Crippen molar-refractivity contribution in [3.05, 3.63) is 95.7 Å². The van der Waals surface area contributed by atoms with Gasteiger partial charge < -0.3 is 10.1 Å². The molecule has 0 atom stereocenters. The van der Waals surface area contributed by atoms with Gasteiger partial charge in [0.05, 0.1) is 17.7 Å². The van der Waals surface area contributed by atoms with Crippen molar-refractivity contribution >= 4 is 28.5 Å². The van der Waals surface area contributed by atoms with Gasteiger partial charge in [0.25, 0.3) is 5.91 Å². The lowest BCUT2D eigenvalue weighted by atomic mass is 9.98. The smallest absolute Gasteiger partial charge is 0.339 e. The number of aromatic nitrogens is 1. The Balaban J connectivity index is 1.60. The lowest BCUT2D eigenvalue weighted by Gasteiger charge is -2.11. The SMILES string of the molecule is CCOC(=O)c1cnc2cc(NC(=O)c3ccccc3-c3cccc(C)c3)ccc2c1. The van der Waals surface area contributed by atoms with Crippen LogP contribution in [0.15, 0.2) is 79.0 Å². The Hall–Kier alpha value is -3.99. The monoisotopic (exact) mass is 410 g/mol. The zero-order valence-electron chi connectivity index (χ0n) is 17.4. The zero-order chi connectivity index (χ0) is 21.8. The number of pyridine rings is 1. The van der Waals surface area contributed by atoms with Gasteiger partial charge in [0.2, 0.25) is 0 Å². The van der Waals surface area contributed by atoms with E-state index in [1.54, 1.807) is 25.1 Å². The fourth-order valence-electron chi connectivity index (χ4n) is 3.47. The van der Waals surface area contributed by atoms with E-state index in [-0.39, 0.29) is 5.91 Å². The Morgan fingerprint density at radius 1 is 0.968 bits per heavy atom. The van der Waals surface area contributed by atoms with Crippen molar-refractivity contribution in [2.24, 2.45) is 0 Å². The fourth-order valence-corrected chi connectivity index (χ4v) is 3.47. The number of ether oxygens (including phenoxy) is 1. The molecule has 1 amide bonds. The number of amides is 1. The van der Waals surface area contributed by atoms with Crippen LogP contribution in [-0.4, -0.2) is 23.5 Å². The van der Waals surface area contributed by atoms with Crippen LogP contribution in [0, 0.1) is 6.92 Å². The molecule has 0 spiro atoms. The van der Waals surface area contributed by atoms with Gasteiger partial charge in [-0.2, -0.15) is 0 Å². The second-order valence-electron chi connectivity index (χ2n) is 7.22. The largest absolute Gasteiger partial charge is 0.462 e. The van der Waals surface area contributed by atoms with E-state index < -0.39 is 5.97 Å². The van der Waals surface area contributed by atoms with Crippen LogP contribution >= 0.6 is 0 Å². The maximum absolute atomic E-state index is 13.1. The quantitative estimate of drug-likeness (QED) is 0.432. The van der Waals surface area contributed by atoms with E-state index in [1.807, 2.05) is 55.5 Å². The summed E-state index contributed by atoms with van der Waals surface area (Å²) in [5, 5.41) is 3.76. The third-order valence-corrected chi connectivity index (χ3v) is 4.95. The third kappa shape index (κ3) is 4.46. The molecule has 5 nitrogen and oxygen atoms in total. The summed E-state index contributed by atoms with van der Waals surface area (Å²) in [5.74, 6) is -0.596. The minimum absolute atomic E-state index is 0.195. The van der Waals surface area contributed by atoms with Crippen molar-refractivity contribution < 1.29 is 14.3 Å². The molecule has 1 aromatic heterocycles. The number of aryl methyl sites for hydroxylation is 1. The number of hydrogen-bond donors (Lipinski definition) is 1. The molecule has 0 aliphatic carbocycles. The minimum Gasteiger partial charge on any atom is -0.462 e. The topological polar surface area (TPSA) is 68.3 Å². The van der Waals surface area contributed by atoms with Crippen LogP contribution in [-0.2, 0) is 4.74 Å². The van der Waals surface area contributed by atoms with E-state index in [4.69, 9.17) is 4.74 Å². The highest BCUT2D eigenvalue weighted by Crippen LogP contribution is 2.26. The van der Waals surface area contributed by atoms with E-state index in [0.29, 0.717) is 28.9 Å². The van der Waals surface area contributed by atoms with Gasteiger partial charge in [-0.05, 0) is 49.2 Å². The van der Waals surface area contributed by atoms with Crippen LogP contribution in [0.1, 0.15) is 33.2 Å². The number of esters is 1. The molecule has 0 aliphatic heterocycles. The molecular weight excluding hydrogens is 388 g/mol. The number of carbonyl (C=O) groups is 2. The molecular formula is C26H22N2O3. The first-order valence-corrected chi connectivity index (χ1v) is 10.1. The van der Waals surface area contributed by atoms with Crippen molar-refractivity contribution in [3.63, 3.8) is 0 Å². The van der Waals surface area contributed by atoms with Crippen molar-refractivity contribution in [3.8, 4) is 11.1 Å². The average molecular weight is 410 g/mol. The molecule has 0 unspecified atom stereocenters. The second kappa shape index (κ2) is 8.79. The predicted octanol–water partition coefficient (Wildman–Crippen LogP) is 5.64. The van der Waals surface area contributed by atoms with Crippen LogP contribution in [0.3, 0.4) is 0 Å². The van der Waals surface area contributed by atoms with Crippen molar-refractivity contribution in [2.75, 3.05) is 11.9 Å². The van der Waals surface area contributed by atoms with E-state index in [0.717, 1.165) is 22.1 Å². The maximum atomic E-state index is 13.1. The van der Waals surface area contributed by atoms with Gasteiger partial charge in [0.15, 0.2) is 0 Å². The van der Waals surface area contributed by atoms with Gasteiger partial charge in [-0.1, -0.05) is 54.1 Å². The highest BCUT2D eigenvalue weighted by Gasteiger charge is 2.14.